The van der Waals surface area contributed by atoms with Crippen molar-refractivity contribution in [2.24, 2.45) is 0 Å². The van der Waals surface area contributed by atoms with Gasteiger partial charge in [0, 0.05) is 6.42 Å². The van der Waals surface area contributed by atoms with Crippen LogP contribution in [0.25, 0.3) is 0 Å². The van der Waals surface area contributed by atoms with Crippen LogP contribution in [-0.2, 0) is 19.1 Å². The van der Waals surface area contributed by atoms with Gasteiger partial charge in [0.1, 0.15) is 12.1 Å². The van der Waals surface area contributed by atoms with Crippen LogP contribution in [0.4, 0.5) is 0 Å². The van der Waals surface area contributed by atoms with E-state index in [1.807, 2.05) is 0 Å². The minimum absolute atomic E-state index is 0.143. The number of esters is 1. The average molecular weight is 254 g/mol. The van der Waals surface area contributed by atoms with E-state index < -0.39 is 18.1 Å². The second kappa shape index (κ2) is 6.78. The van der Waals surface area contributed by atoms with Gasteiger partial charge in [-0.05, 0) is 19.3 Å². The van der Waals surface area contributed by atoms with Crippen molar-refractivity contribution in [1.82, 2.24) is 10.6 Å². The van der Waals surface area contributed by atoms with E-state index in [9.17, 15) is 14.4 Å². The highest BCUT2D eigenvalue weighted by atomic mass is 16.5. The van der Waals surface area contributed by atoms with Crippen LogP contribution in [0.2, 0.25) is 0 Å². The zero-order chi connectivity index (χ0) is 13.5. The standard InChI is InChI=1S/C12H18N2O4/c1-3-4-5-9(12(17)18-2)14-11(16)8-6-7-10(15)13-8/h3,8-9H,1,4-7H2,2H3,(H,13,15)(H,14,16)/t8-,9+/m1/s1. The second-order valence-corrected chi connectivity index (χ2v) is 4.11. The monoisotopic (exact) mass is 254 g/mol. The third kappa shape index (κ3) is 3.87. The molecule has 0 aromatic rings. The molecule has 6 nitrogen and oxygen atoms in total. The van der Waals surface area contributed by atoms with Crippen LogP contribution in [0.15, 0.2) is 12.7 Å². The Bertz CT molecular complexity index is 354. The van der Waals surface area contributed by atoms with Crippen molar-refractivity contribution in [3.8, 4) is 0 Å². The van der Waals surface area contributed by atoms with Crippen molar-refractivity contribution in [3.05, 3.63) is 12.7 Å². The first-order valence-electron chi connectivity index (χ1n) is 5.87. The van der Waals surface area contributed by atoms with Crippen LogP contribution in [0.3, 0.4) is 0 Å². The average Bonchev–Trinajstić information content (AvgIpc) is 2.80. The van der Waals surface area contributed by atoms with Gasteiger partial charge in [0.05, 0.1) is 7.11 Å². The molecule has 0 bridgehead atoms. The molecule has 2 atom stereocenters. The maximum Gasteiger partial charge on any atom is 0.328 e. The lowest BCUT2D eigenvalue weighted by Crippen LogP contribution is -2.49. The molecule has 1 aliphatic heterocycles. The summed E-state index contributed by atoms with van der Waals surface area (Å²) >= 11 is 0. The lowest BCUT2D eigenvalue weighted by Gasteiger charge is -2.18. The molecule has 18 heavy (non-hydrogen) atoms. The normalized spacial score (nSPS) is 19.8. The Morgan fingerprint density at radius 1 is 1.67 bits per heavy atom. The number of ether oxygens (including phenoxy) is 1. The predicted molar refractivity (Wildman–Crippen MR) is 64.5 cm³/mol. The van der Waals surface area contributed by atoms with Crippen molar-refractivity contribution in [3.63, 3.8) is 0 Å². The van der Waals surface area contributed by atoms with Crippen molar-refractivity contribution in [2.45, 2.75) is 37.8 Å². The molecular formula is C12H18N2O4. The summed E-state index contributed by atoms with van der Waals surface area (Å²) in [6.07, 6.45) is 3.49. The summed E-state index contributed by atoms with van der Waals surface area (Å²) in [5.41, 5.74) is 0. The molecule has 1 fully saturated rings. The van der Waals surface area contributed by atoms with E-state index in [1.165, 1.54) is 7.11 Å². The maximum atomic E-state index is 11.8. The molecule has 1 saturated heterocycles. The Kier molecular flexibility index (Phi) is 5.35. The predicted octanol–water partition coefficient (Wildman–Crippen LogP) is -0.111. The molecule has 0 aromatic carbocycles. The quantitative estimate of drug-likeness (QED) is 0.511. The molecule has 2 amide bonds. The van der Waals surface area contributed by atoms with Crippen LogP contribution < -0.4 is 10.6 Å². The maximum absolute atomic E-state index is 11.8. The minimum atomic E-state index is -0.696. The van der Waals surface area contributed by atoms with E-state index in [0.717, 1.165) is 0 Å². The molecule has 0 unspecified atom stereocenters. The van der Waals surface area contributed by atoms with Gasteiger partial charge in [-0.3, -0.25) is 9.59 Å². The fraction of sp³-hybridized carbons (Fsp3) is 0.583. The Hall–Kier alpha value is -1.85. The third-order valence-electron chi connectivity index (χ3n) is 2.77. The number of carbonyl (C=O) groups excluding carboxylic acids is 3. The van der Waals surface area contributed by atoms with E-state index in [1.54, 1.807) is 6.08 Å². The molecular weight excluding hydrogens is 236 g/mol. The SMILES string of the molecule is C=CCC[C@H](NC(=O)[C@H]1CCC(=O)N1)C(=O)OC. The Morgan fingerprint density at radius 3 is 2.89 bits per heavy atom. The number of nitrogens with one attached hydrogen (secondary N) is 2. The van der Waals surface area contributed by atoms with Crippen LogP contribution in [0, 0.1) is 0 Å². The summed E-state index contributed by atoms with van der Waals surface area (Å²) in [4.78, 5) is 34.3. The number of hydrogen-bond acceptors (Lipinski definition) is 4. The summed E-state index contributed by atoms with van der Waals surface area (Å²) in [5, 5.41) is 5.14. The van der Waals surface area contributed by atoms with Crippen LogP contribution in [0.5, 0.6) is 0 Å². The highest BCUT2D eigenvalue weighted by Gasteiger charge is 2.30. The number of methoxy groups -OCH3 is 1. The van der Waals surface area contributed by atoms with Gasteiger partial charge in [-0.2, -0.15) is 0 Å². The van der Waals surface area contributed by atoms with Gasteiger partial charge in [0.15, 0.2) is 0 Å². The fourth-order valence-electron chi connectivity index (χ4n) is 1.76. The van der Waals surface area contributed by atoms with E-state index in [4.69, 9.17) is 0 Å². The summed E-state index contributed by atoms with van der Waals surface area (Å²) in [7, 11) is 1.27. The van der Waals surface area contributed by atoms with E-state index in [2.05, 4.69) is 21.9 Å². The molecule has 0 saturated carbocycles. The van der Waals surface area contributed by atoms with Gasteiger partial charge in [-0.15, -0.1) is 6.58 Å². The third-order valence-corrected chi connectivity index (χ3v) is 2.77. The first-order valence-corrected chi connectivity index (χ1v) is 5.87. The van der Waals surface area contributed by atoms with Gasteiger partial charge in [0.2, 0.25) is 11.8 Å². The van der Waals surface area contributed by atoms with Gasteiger partial charge in [-0.1, -0.05) is 6.08 Å². The first-order chi connectivity index (χ1) is 8.58. The lowest BCUT2D eigenvalue weighted by molar-refractivity contribution is -0.145. The molecule has 1 aliphatic rings. The van der Waals surface area contributed by atoms with Crippen LogP contribution in [0.1, 0.15) is 25.7 Å². The summed E-state index contributed by atoms with van der Waals surface area (Å²) < 4.78 is 4.62. The highest BCUT2D eigenvalue weighted by Crippen LogP contribution is 2.08. The summed E-state index contributed by atoms with van der Waals surface area (Å²) in [6.45, 7) is 3.56. The highest BCUT2D eigenvalue weighted by molar-refractivity contribution is 5.93. The molecule has 0 aromatic heterocycles. The van der Waals surface area contributed by atoms with Gasteiger partial charge < -0.3 is 15.4 Å². The molecule has 0 spiro atoms. The number of hydrogen-bond donors (Lipinski definition) is 2. The Labute approximate surface area is 106 Å². The van der Waals surface area contributed by atoms with Crippen LogP contribution >= 0.6 is 0 Å². The van der Waals surface area contributed by atoms with Crippen molar-refractivity contribution < 1.29 is 19.1 Å². The van der Waals surface area contributed by atoms with Gasteiger partial charge in [0.25, 0.3) is 0 Å². The molecule has 100 valence electrons. The number of carbonyl (C=O) groups is 3. The molecule has 1 heterocycles. The molecule has 6 heteroatoms. The lowest BCUT2D eigenvalue weighted by atomic mass is 10.1. The van der Waals surface area contributed by atoms with E-state index >= 15 is 0 Å². The molecule has 0 aliphatic carbocycles. The minimum Gasteiger partial charge on any atom is -0.467 e. The topological polar surface area (TPSA) is 84.5 Å². The van der Waals surface area contributed by atoms with E-state index in [-0.39, 0.29) is 11.8 Å². The largest absolute Gasteiger partial charge is 0.467 e. The molecule has 1 rings (SSSR count). The summed E-state index contributed by atoms with van der Waals surface area (Å²) in [6, 6.07) is -1.24. The summed E-state index contributed by atoms with van der Waals surface area (Å²) in [5.74, 6) is -0.981. The Balaban J connectivity index is 2.53. The van der Waals surface area contributed by atoms with Crippen molar-refractivity contribution in [2.75, 3.05) is 7.11 Å². The van der Waals surface area contributed by atoms with E-state index in [0.29, 0.717) is 25.7 Å². The van der Waals surface area contributed by atoms with Crippen molar-refractivity contribution >= 4 is 17.8 Å². The molecule has 0 radical (unpaired) electrons. The van der Waals surface area contributed by atoms with Crippen LogP contribution in [-0.4, -0.2) is 37.0 Å². The van der Waals surface area contributed by atoms with Gasteiger partial charge in [-0.25, -0.2) is 4.79 Å². The smallest absolute Gasteiger partial charge is 0.328 e. The Morgan fingerprint density at radius 2 is 2.39 bits per heavy atom. The number of rotatable bonds is 6. The van der Waals surface area contributed by atoms with Gasteiger partial charge >= 0.3 is 5.97 Å². The zero-order valence-electron chi connectivity index (χ0n) is 10.4. The fourth-order valence-corrected chi connectivity index (χ4v) is 1.76. The van der Waals surface area contributed by atoms with Crippen molar-refractivity contribution in [1.29, 1.82) is 0 Å². The first kappa shape index (κ1) is 14.2. The molecule has 2 N–H and O–H groups in total. The zero-order valence-corrected chi connectivity index (χ0v) is 10.4. The number of amides is 2. The second-order valence-electron chi connectivity index (χ2n) is 4.11. The number of allylic oxidation sites excluding steroid dienone is 1.